The van der Waals surface area contributed by atoms with Crippen LogP contribution < -0.4 is 0 Å². The summed E-state index contributed by atoms with van der Waals surface area (Å²) in [6, 6.07) is 8.76. The highest BCUT2D eigenvalue weighted by Gasteiger charge is 2.43. The summed E-state index contributed by atoms with van der Waals surface area (Å²) in [5.41, 5.74) is 2.31. The second kappa shape index (κ2) is 5.16. The van der Waals surface area contributed by atoms with Crippen LogP contribution in [0.1, 0.15) is 43.1 Å². The van der Waals surface area contributed by atoms with E-state index in [1.54, 1.807) is 12.1 Å². The molecule has 0 saturated carbocycles. The van der Waals surface area contributed by atoms with E-state index in [2.05, 4.69) is 11.9 Å². The maximum absolute atomic E-state index is 9.44. The van der Waals surface area contributed by atoms with Crippen LogP contribution in [-0.2, 0) is 10.3 Å². The highest BCUT2D eigenvalue weighted by atomic mass is 35.5. The predicted molar refractivity (Wildman–Crippen MR) is 82.9 cm³/mol. The molecule has 1 N–H and O–H groups in total. The lowest BCUT2D eigenvalue weighted by atomic mass is 9.91. The third kappa shape index (κ3) is 2.39. The van der Waals surface area contributed by atoms with Crippen molar-refractivity contribution in [3.63, 3.8) is 0 Å². The summed E-state index contributed by atoms with van der Waals surface area (Å²) in [5.74, 6) is 0.218. The molecule has 2 heterocycles. The molecule has 2 atom stereocenters. The van der Waals surface area contributed by atoms with Crippen LogP contribution in [-0.4, -0.2) is 10.1 Å². The van der Waals surface area contributed by atoms with Gasteiger partial charge in [0.25, 0.3) is 0 Å². The van der Waals surface area contributed by atoms with E-state index in [1.165, 1.54) is 0 Å². The van der Waals surface area contributed by atoms with Gasteiger partial charge in [-0.15, -0.1) is 0 Å². The average molecular weight is 324 g/mol. The summed E-state index contributed by atoms with van der Waals surface area (Å²) in [5, 5.41) is 10.2. The molecule has 3 rings (SSSR count). The molecule has 0 saturated heterocycles. The Balaban J connectivity index is 2.17. The molecule has 1 aliphatic heterocycles. The van der Waals surface area contributed by atoms with E-state index in [4.69, 9.17) is 27.9 Å². The van der Waals surface area contributed by atoms with Crippen LogP contribution in [0.4, 0.5) is 0 Å². The number of rotatable bonds is 2. The summed E-state index contributed by atoms with van der Waals surface area (Å²) in [6.45, 7) is 4.09. The molecule has 0 bridgehead atoms. The van der Waals surface area contributed by atoms with Crippen molar-refractivity contribution < 1.29 is 9.84 Å². The standard InChI is InChI=1S/C16H15Cl2NO2/c1-3-16(2)11-8-12(17)19-15(18)13(11)14(21-16)9-4-6-10(20)7-5-9/h4-8,14,20H,3H2,1-2H3. The van der Waals surface area contributed by atoms with Gasteiger partial charge in [0.2, 0.25) is 0 Å². The molecule has 2 aromatic rings. The minimum absolute atomic E-state index is 0.218. The maximum atomic E-state index is 9.44. The third-order valence-electron chi connectivity index (χ3n) is 4.06. The molecule has 0 spiro atoms. The van der Waals surface area contributed by atoms with Crippen molar-refractivity contribution >= 4 is 23.2 Å². The number of fused-ring (bicyclic) bond motifs is 1. The zero-order valence-electron chi connectivity index (χ0n) is 11.7. The van der Waals surface area contributed by atoms with Crippen LogP contribution in [0, 0.1) is 0 Å². The molecular weight excluding hydrogens is 309 g/mol. The lowest BCUT2D eigenvalue weighted by Crippen LogP contribution is -2.20. The Kier molecular flexibility index (Phi) is 3.60. The second-order valence-corrected chi connectivity index (χ2v) is 6.12. The lowest BCUT2D eigenvalue weighted by molar-refractivity contribution is -0.0503. The molecular formula is C16H15Cl2NO2. The van der Waals surface area contributed by atoms with E-state index < -0.39 is 5.60 Å². The number of aromatic nitrogens is 1. The second-order valence-electron chi connectivity index (χ2n) is 5.37. The van der Waals surface area contributed by atoms with E-state index in [0.29, 0.717) is 10.3 Å². The highest BCUT2D eigenvalue weighted by Crippen LogP contribution is 2.50. The first-order chi connectivity index (χ1) is 9.94. The summed E-state index contributed by atoms with van der Waals surface area (Å²) in [6.07, 6.45) is 0.494. The summed E-state index contributed by atoms with van der Waals surface area (Å²) in [4.78, 5) is 4.14. The fourth-order valence-corrected chi connectivity index (χ4v) is 3.25. The monoisotopic (exact) mass is 323 g/mol. The van der Waals surface area contributed by atoms with Crippen molar-refractivity contribution in [2.75, 3.05) is 0 Å². The normalized spacial score (nSPS) is 24.1. The minimum atomic E-state index is -0.450. The molecule has 0 fully saturated rings. The fraction of sp³-hybridized carbons (Fsp3) is 0.312. The first-order valence-corrected chi connectivity index (χ1v) is 7.53. The topological polar surface area (TPSA) is 42.4 Å². The van der Waals surface area contributed by atoms with Gasteiger partial charge in [0, 0.05) is 5.56 Å². The Morgan fingerprint density at radius 3 is 2.57 bits per heavy atom. The largest absolute Gasteiger partial charge is 0.508 e. The number of pyridine rings is 1. The number of phenols is 1. The third-order valence-corrected chi connectivity index (χ3v) is 4.54. The van der Waals surface area contributed by atoms with E-state index in [9.17, 15) is 5.11 Å². The fourth-order valence-electron chi connectivity index (χ4n) is 2.72. The summed E-state index contributed by atoms with van der Waals surface area (Å²) < 4.78 is 6.27. The first-order valence-electron chi connectivity index (χ1n) is 6.78. The summed E-state index contributed by atoms with van der Waals surface area (Å²) in [7, 11) is 0. The number of halogens is 2. The lowest BCUT2D eigenvalue weighted by Gasteiger charge is -2.24. The van der Waals surface area contributed by atoms with Crippen molar-refractivity contribution in [1.82, 2.24) is 4.98 Å². The smallest absolute Gasteiger partial charge is 0.137 e. The van der Waals surface area contributed by atoms with Gasteiger partial charge in [-0.2, -0.15) is 0 Å². The molecule has 0 radical (unpaired) electrons. The zero-order valence-corrected chi connectivity index (χ0v) is 13.2. The number of benzene rings is 1. The maximum Gasteiger partial charge on any atom is 0.137 e. The Morgan fingerprint density at radius 1 is 1.29 bits per heavy atom. The molecule has 1 aliphatic rings. The molecule has 21 heavy (non-hydrogen) atoms. The number of hydrogen-bond donors (Lipinski definition) is 1. The molecule has 0 aliphatic carbocycles. The van der Waals surface area contributed by atoms with Crippen molar-refractivity contribution in [3.05, 3.63) is 57.3 Å². The van der Waals surface area contributed by atoms with E-state index in [0.717, 1.165) is 23.1 Å². The van der Waals surface area contributed by atoms with Gasteiger partial charge < -0.3 is 9.84 Å². The van der Waals surface area contributed by atoms with Gasteiger partial charge in [-0.1, -0.05) is 42.3 Å². The zero-order chi connectivity index (χ0) is 15.2. The van der Waals surface area contributed by atoms with Crippen molar-refractivity contribution in [2.45, 2.75) is 32.0 Å². The van der Waals surface area contributed by atoms with Crippen molar-refractivity contribution in [3.8, 4) is 5.75 Å². The van der Waals surface area contributed by atoms with Gasteiger partial charge in [0.15, 0.2) is 0 Å². The van der Waals surface area contributed by atoms with Crippen molar-refractivity contribution in [1.29, 1.82) is 0 Å². The molecule has 2 unspecified atom stereocenters. The quantitative estimate of drug-likeness (QED) is 0.804. The number of aromatic hydroxyl groups is 1. The van der Waals surface area contributed by atoms with Gasteiger partial charge in [-0.05, 0) is 42.7 Å². The highest BCUT2D eigenvalue weighted by molar-refractivity contribution is 6.33. The van der Waals surface area contributed by atoms with Crippen LogP contribution in [0.15, 0.2) is 30.3 Å². The van der Waals surface area contributed by atoms with Gasteiger partial charge in [-0.3, -0.25) is 0 Å². The Morgan fingerprint density at radius 2 is 1.95 bits per heavy atom. The van der Waals surface area contributed by atoms with Crippen LogP contribution in [0.2, 0.25) is 10.3 Å². The van der Waals surface area contributed by atoms with E-state index in [1.807, 2.05) is 25.1 Å². The van der Waals surface area contributed by atoms with Crippen LogP contribution >= 0.6 is 23.2 Å². The number of hydrogen-bond acceptors (Lipinski definition) is 3. The Hall–Kier alpha value is -1.29. The van der Waals surface area contributed by atoms with Crippen molar-refractivity contribution in [2.24, 2.45) is 0 Å². The first kappa shape index (κ1) is 14.6. The van der Waals surface area contributed by atoms with Gasteiger partial charge in [-0.25, -0.2) is 4.98 Å². The number of phenolic OH excluding ortho intramolecular Hbond substituents is 1. The average Bonchev–Trinajstić information content (AvgIpc) is 2.74. The molecule has 3 nitrogen and oxygen atoms in total. The van der Waals surface area contributed by atoms with Crippen LogP contribution in [0.3, 0.4) is 0 Å². The molecule has 5 heteroatoms. The predicted octanol–water partition coefficient (Wildman–Crippen LogP) is 4.84. The van der Waals surface area contributed by atoms with Crippen LogP contribution in [0.25, 0.3) is 0 Å². The van der Waals surface area contributed by atoms with E-state index in [-0.39, 0.29) is 11.9 Å². The molecule has 1 aromatic carbocycles. The van der Waals surface area contributed by atoms with E-state index >= 15 is 0 Å². The molecule has 110 valence electrons. The van der Waals surface area contributed by atoms with Gasteiger partial charge in [0.05, 0.1) is 5.60 Å². The number of nitrogens with zero attached hydrogens (tertiary/aromatic N) is 1. The Bertz CT molecular complexity index is 687. The van der Waals surface area contributed by atoms with Gasteiger partial charge >= 0.3 is 0 Å². The number of ether oxygens (including phenoxy) is 1. The molecule has 1 aromatic heterocycles. The van der Waals surface area contributed by atoms with Gasteiger partial charge in [0.1, 0.15) is 22.2 Å². The minimum Gasteiger partial charge on any atom is -0.508 e. The molecule has 0 amide bonds. The van der Waals surface area contributed by atoms with Crippen LogP contribution in [0.5, 0.6) is 5.75 Å². The Labute approximate surface area is 133 Å². The summed E-state index contributed by atoms with van der Waals surface area (Å²) >= 11 is 12.4. The SMILES string of the molecule is CCC1(C)OC(c2ccc(O)cc2)c2c1cc(Cl)nc2Cl.